The van der Waals surface area contributed by atoms with E-state index in [4.69, 9.17) is 10.5 Å². The van der Waals surface area contributed by atoms with E-state index in [0.717, 1.165) is 12.2 Å². The van der Waals surface area contributed by atoms with Gasteiger partial charge in [-0.3, -0.25) is 4.79 Å². The van der Waals surface area contributed by atoms with Crippen molar-refractivity contribution in [2.24, 2.45) is 5.73 Å². The lowest BCUT2D eigenvalue weighted by Crippen LogP contribution is -2.34. The summed E-state index contributed by atoms with van der Waals surface area (Å²) in [5, 5.41) is 0. The summed E-state index contributed by atoms with van der Waals surface area (Å²) in [7, 11) is 3.05. The van der Waals surface area contributed by atoms with Crippen LogP contribution in [0, 0.1) is 0 Å². The molecule has 0 saturated carbocycles. The Labute approximate surface area is 95.9 Å². The van der Waals surface area contributed by atoms with Crippen molar-refractivity contribution in [1.29, 1.82) is 0 Å². The lowest BCUT2D eigenvalue weighted by molar-refractivity contribution is -0.141. The van der Waals surface area contributed by atoms with E-state index in [-0.39, 0.29) is 11.6 Å². The van der Waals surface area contributed by atoms with Gasteiger partial charge in [-0.25, -0.2) is 0 Å². The van der Waals surface area contributed by atoms with E-state index < -0.39 is 6.04 Å². The van der Waals surface area contributed by atoms with Crippen molar-refractivity contribution < 1.29 is 14.3 Å². The Morgan fingerprint density at radius 1 is 1.47 bits per heavy atom. The molecule has 0 amide bonds. The smallest absolute Gasteiger partial charge is 0.323 e. The van der Waals surface area contributed by atoms with Crippen molar-refractivity contribution in [2.45, 2.75) is 31.9 Å². The number of rotatable bonds is 7. The van der Waals surface area contributed by atoms with Crippen LogP contribution in [0.25, 0.3) is 0 Å². The van der Waals surface area contributed by atoms with Crippen molar-refractivity contribution in [3.05, 3.63) is 0 Å². The van der Waals surface area contributed by atoms with E-state index in [9.17, 15) is 4.79 Å². The summed E-state index contributed by atoms with van der Waals surface area (Å²) in [5.74, 6) is 1.16. The molecule has 5 heteroatoms. The highest BCUT2D eigenvalue weighted by molar-refractivity contribution is 7.99. The maximum absolute atomic E-state index is 11.0. The normalized spacial score (nSPS) is 13.7. The lowest BCUT2D eigenvalue weighted by Gasteiger charge is -2.22. The number of hydrogen-bond acceptors (Lipinski definition) is 5. The van der Waals surface area contributed by atoms with E-state index in [2.05, 4.69) is 4.74 Å². The molecule has 0 aromatic rings. The molecule has 0 spiro atoms. The van der Waals surface area contributed by atoms with Crippen molar-refractivity contribution >= 4 is 17.7 Å². The number of nitrogens with two attached hydrogens (primary N) is 1. The summed E-state index contributed by atoms with van der Waals surface area (Å²) < 4.78 is 9.81. The number of thioether (sulfide) groups is 1. The van der Waals surface area contributed by atoms with Gasteiger partial charge in [0.1, 0.15) is 6.04 Å². The van der Waals surface area contributed by atoms with E-state index in [1.807, 2.05) is 13.8 Å². The predicted octanol–water partition coefficient (Wildman–Crippen LogP) is 1.03. The first-order valence-corrected chi connectivity index (χ1v) is 6.04. The monoisotopic (exact) mass is 235 g/mol. The van der Waals surface area contributed by atoms with Gasteiger partial charge in [-0.05, 0) is 26.0 Å². The maximum Gasteiger partial charge on any atom is 0.323 e. The van der Waals surface area contributed by atoms with Gasteiger partial charge in [-0.1, -0.05) is 0 Å². The summed E-state index contributed by atoms with van der Waals surface area (Å²) in [6.45, 7) is 4.07. The molecule has 0 aromatic heterocycles. The Bertz CT molecular complexity index is 197. The number of carbonyl (C=O) groups excluding carboxylic acids is 1. The number of esters is 1. The molecule has 0 rings (SSSR count). The van der Waals surface area contributed by atoms with Gasteiger partial charge < -0.3 is 15.2 Å². The highest BCUT2D eigenvalue weighted by Gasteiger charge is 2.17. The molecule has 0 aliphatic rings. The molecule has 0 aliphatic carbocycles. The SMILES string of the molecule is COC(=O)C(N)CSCCC(C)(C)OC. The second-order valence-corrected chi connectivity index (χ2v) is 5.07. The van der Waals surface area contributed by atoms with Crippen LogP contribution < -0.4 is 5.73 Å². The first-order chi connectivity index (χ1) is 6.93. The first-order valence-electron chi connectivity index (χ1n) is 4.89. The van der Waals surface area contributed by atoms with Gasteiger partial charge >= 0.3 is 5.97 Å². The molecule has 0 heterocycles. The van der Waals surface area contributed by atoms with Crippen LogP contribution in [-0.4, -0.2) is 43.3 Å². The zero-order chi connectivity index (χ0) is 11.9. The number of ether oxygens (including phenoxy) is 2. The molecule has 0 fully saturated rings. The summed E-state index contributed by atoms with van der Waals surface area (Å²) >= 11 is 1.64. The van der Waals surface area contributed by atoms with E-state index in [1.54, 1.807) is 18.9 Å². The Morgan fingerprint density at radius 3 is 2.53 bits per heavy atom. The van der Waals surface area contributed by atoms with Crippen LogP contribution in [0.2, 0.25) is 0 Å². The van der Waals surface area contributed by atoms with E-state index >= 15 is 0 Å². The Balaban J connectivity index is 3.59. The van der Waals surface area contributed by atoms with Crippen LogP contribution in [0.15, 0.2) is 0 Å². The quantitative estimate of drug-likeness (QED) is 0.527. The molecule has 1 unspecified atom stereocenters. The van der Waals surface area contributed by atoms with Gasteiger partial charge in [-0.15, -0.1) is 0 Å². The largest absolute Gasteiger partial charge is 0.468 e. The fraction of sp³-hybridized carbons (Fsp3) is 0.900. The van der Waals surface area contributed by atoms with E-state index in [0.29, 0.717) is 5.75 Å². The van der Waals surface area contributed by atoms with E-state index in [1.165, 1.54) is 7.11 Å². The molecule has 0 aliphatic heterocycles. The zero-order valence-electron chi connectivity index (χ0n) is 9.91. The highest BCUT2D eigenvalue weighted by atomic mass is 32.2. The molecule has 15 heavy (non-hydrogen) atoms. The second-order valence-electron chi connectivity index (χ2n) is 3.92. The van der Waals surface area contributed by atoms with Gasteiger partial charge in [0.2, 0.25) is 0 Å². The maximum atomic E-state index is 11.0. The topological polar surface area (TPSA) is 61.5 Å². The molecule has 0 saturated heterocycles. The minimum absolute atomic E-state index is 0.109. The minimum Gasteiger partial charge on any atom is -0.468 e. The number of carbonyl (C=O) groups is 1. The fourth-order valence-corrected chi connectivity index (χ4v) is 2.04. The van der Waals surface area contributed by atoms with Crippen molar-refractivity contribution in [2.75, 3.05) is 25.7 Å². The minimum atomic E-state index is -0.523. The van der Waals surface area contributed by atoms with Gasteiger partial charge in [0.15, 0.2) is 0 Å². The summed E-state index contributed by atoms with van der Waals surface area (Å²) in [6, 6.07) is -0.523. The Kier molecular flexibility index (Phi) is 6.96. The average molecular weight is 235 g/mol. The standard InChI is InChI=1S/C10H21NO3S/c1-10(2,14-4)5-6-15-7-8(11)9(12)13-3/h8H,5-7,11H2,1-4H3. The van der Waals surface area contributed by atoms with Crippen molar-refractivity contribution in [3.63, 3.8) is 0 Å². The lowest BCUT2D eigenvalue weighted by atomic mass is 10.1. The molecule has 0 radical (unpaired) electrons. The summed E-state index contributed by atoms with van der Waals surface area (Å²) in [5.41, 5.74) is 5.47. The fourth-order valence-electron chi connectivity index (χ4n) is 0.850. The highest BCUT2D eigenvalue weighted by Crippen LogP contribution is 2.17. The summed E-state index contributed by atoms with van der Waals surface area (Å²) in [4.78, 5) is 11.0. The molecule has 0 aromatic carbocycles. The Morgan fingerprint density at radius 2 is 2.07 bits per heavy atom. The van der Waals surface area contributed by atoms with Crippen LogP contribution in [0.4, 0.5) is 0 Å². The molecule has 0 bridgehead atoms. The van der Waals surface area contributed by atoms with Gasteiger partial charge in [0.05, 0.1) is 12.7 Å². The molecular formula is C10H21NO3S. The van der Waals surface area contributed by atoms with Gasteiger partial charge in [0, 0.05) is 12.9 Å². The molecular weight excluding hydrogens is 214 g/mol. The molecule has 2 N–H and O–H groups in total. The molecule has 90 valence electrons. The molecule has 1 atom stereocenters. The molecule has 4 nitrogen and oxygen atoms in total. The van der Waals surface area contributed by atoms with Gasteiger partial charge in [0.25, 0.3) is 0 Å². The number of hydrogen-bond donors (Lipinski definition) is 1. The van der Waals surface area contributed by atoms with Crippen LogP contribution in [0.1, 0.15) is 20.3 Å². The van der Waals surface area contributed by atoms with Crippen LogP contribution in [0.3, 0.4) is 0 Å². The third kappa shape index (κ3) is 6.76. The van der Waals surface area contributed by atoms with Crippen LogP contribution in [-0.2, 0) is 14.3 Å². The van der Waals surface area contributed by atoms with Crippen LogP contribution in [0.5, 0.6) is 0 Å². The van der Waals surface area contributed by atoms with Gasteiger partial charge in [-0.2, -0.15) is 11.8 Å². The zero-order valence-corrected chi connectivity index (χ0v) is 10.7. The van der Waals surface area contributed by atoms with Crippen molar-refractivity contribution in [3.8, 4) is 0 Å². The van der Waals surface area contributed by atoms with Crippen LogP contribution >= 0.6 is 11.8 Å². The Hall–Kier alpha value is -0.260. The third-order valence-electron chi connectivity index (χ3n) is 2.20. The first kappa shape index (κ1) is 14.7. The predicted molar refractivity (Wildman–Crippen MR) is 63.0 cm³/mol. The number of methoxy groups -OCH3 is 2. The van der Waals surface area contributed by atoms with Crippen molar-refractivity contribution in [1.82, 2.24) is 0 Å². The summed E-state index contributed by atoms with van der Waals surface area (Å²) in [6.07, 6.45) is 0.933. The second kappa shape index (κ2) is 7.09. The third-order valence-corrected chi connectivity index (χ3v) is 3.29. The average Bonchev–Trinajstić information content (AvgIpc) is 2.22.